The van der Waals surface area contributed by atoms with E-state index in [-0.39, 0.29) is 16.3 Å². The van der Waals surface area contributed by atoms with E-state index in [0.29, 0.717) is 17.4 Å². The lowest BCUT2D eigenvalue weighted by Crippen LogP contribution is -2.40. The lowest BCUT2D eigenvalue weighted by atomic mass is 9.76. The summed E-state index contributed by atoms with van der Waals surface area (Å²) < 4.78 is 28.8. The van der Waals surface area contributed by atoms with Crippen molar-refractivity contribution >= 4 is 20.9 Å². The third kappa shape index (κ3) is 4.18. The third-order valence-corrected chi connectivity index (χ3v) is 7.07. The van der Waals surface area contributed by atoms with Crippen LogP contribution < -0.4 is 16.0 Å². The Balaban J connectivity index is 1.60. The van der Waals surface area contributed by atoms with Crippen LogP contribution in [0.2, 0.25) is 0 Å². The van der Waals surface area contributed by atoms with E-state index in [9.17, 15) is 18.0 Å². The number of rotatable bonds is 4. The topological polar surface area (TPSA) is 112 Å². The largest absolute Gasteiger partial charge is 0.326 e. The molecule has 29 heavy (non-hydrogen) atoms. The third-order valence-electron chi connectivity index (χ3n) is 5.56. The fraction of sp³-hybridized carbons (Fsp3) is 0.333. The van der Waals surface area contributed by atoms with Gasteiger partial charge < -0.3 is 4.98 Å². The molecule has 4 rings (SSSR count). The van der Waals surface area contributed by atoms with Crippen LogP contribution in [0, 0.1) is 5.92 Å². The molecule has 1 heterocycles. The van der Waals surface area contributed by atoms with E-state index >= 15 is 0 Å². The molecule has 0 radical (unpaired) electrons. The second-order valence-corrected chi connectivity index (χ2v) is 9.57. The molecule has 1 saturated carbocycles. The van der Waals surface area contributed by atoms with Crippen molar-refractivity contribution in [2.75, 3.05) is 0 Å². The van der Waals surface area contributed by atoms with Gasteiger partial charge in [-0.25, -0.2) is 17.9 Å². The van der Waals surface area contributed by atoms with Crippen LogP contribution >= 0.6 is 0 Å². The molecule has 0 saturated heterocycles. The number of hydrogen-bond acceptors (Lipinski definition) is 4. The Morgan fingerprint density at radius 1 is 0.966 bits per heavy atom. The van der Waals surface area contributed by atoms with Gasteiger partial charge in [0.25, 0.3) is 5.56 Å². The number of hydrogen-bond donors (Lipinski definition) is 3. The average Bonchev–Trinajstić information content (AvgIpc) is 2.67. The number of sulfonamides is 1. The molecule has 3 unspecified atom stereocenters. The monoisotopic (exact) mass is 413 g/mol. The maximum Gasteiger partial charge on any atom is 0.326 e. The second-order valence-electron chi connectivity index (χ2n) is 7.85. The number of benzene rings is 2. The molecular formula is C21H23N3O4S. The molecule has 152 valence electrons. The summed E-state index contributed by atoms with van der Waals surface area (Å²) in [5.74, 6) is 0.698. The highest BCUT2D eigenvalue weighted by molar-refractivity contribution is 7.89. The Hall–Kier alpha value is -2.71. The SMILES string of the molecule is CC1CC(NS(=O)(=O)c2ccc3[nH]c(=O)[nH]c(=O)c3c2)CC(c2ccccc2)C1. The van der Waals surface area contributed by atoms with Gasteiger partial charge in [-0.1, -0.05) is 37.3 Å². The lowest BCUT2D eigenvalue weighted by molar-refractivity contribution is 0.294. The molecular weight excluding hydrogens is 390 g/mol. The minimum absolute atomic E-state index is 0.0111. The first-order valence-electron chi connectivity index (χ1n) is 9.65. The van der Waals surface area contributed by atoms with E-state index < -0.39 is 21.3 Å². The van der Waals surface area contributed by atoms with Gasteiger partial charge in [0.05, 0.1) is 15.8 Å². The summed E-state index contributed by atoms with van der Waals surface area (Å²) in [5, 5.41) is 0.131. The summed E-state index contributed by atoms with van der Waals surface area (Å²) >= 11 is 0. The maximum atomic E-state index is 13.0. The Kier molecular flexibility index (Phi) is 5.14. The minimum atomic E-state index is -3.80. The predicted molar refractivity (Wildman–Crippen MR) is 111 cm³/mol. The second kappa shape index (κ2) is 7.61. The van der Waals surface area contributed by atoms with E-state index in [4.69, 9.17) is 0 Å². The summed E-state index contributed by atoms with van der Waals surface area (Å²) in [6, 6.07) is 14.1. The van der Waals surface area contributed by atoms with Crippen LogP contribution in [0.25, 0.3) is 10.9 Å². The molecule has 1 aromatic heterocycles. The zero-order valence-electron chi connectivity index (χ0n) is 16.0. The van der Waals surface area contributed by atoms with Gasteiger partial charge >= 0.3 is 5.69 Å². The van der Waals surface area contributed by atoms with Crippen molar-refractivity contribution in [1.29, 1.82) is 0 Å². The smallest absolute Gasteiger partial charge is 0.307 e. The summed E-state index contributed by atoms with van der Waals surface area (Å²) in [6.07, 6.45) is 2.53. The van der Waals surface area contributed by atoms with Gasteiger partial charge in [0, 0.05) is 6.04 Å². The number of aromatic amines is 2. The quantitative estimate of drug-likeness (QED) is 0.610. The summed E-state index contributed by atoms with van der Waals surface area (Å²) in [4.78, 5) is 28.0. The van der Waals surface area contributed by atoms with Crippen molar-refractivity contribution in [3.8, 4) is 0 Å². The van der Waals surface area contributed by atoms with Crippen LogP contribution in [-0.2, 0) is 10.0 Å². The molecule has 1 aliphatic carbocycles. The fourth-order valence-electron chi connectivity index (χ4n) is 4.30. The lowest BCUT2D eigenvalue weighted by Gasteiger charge is -2.34. The van der Waals surface area contributed by atoms with Gasteiger partial charge in [0.1, 0.15) is 0 Å². The van der Waals surface area contributed by atoms with Crippen LogP contribution in [0.1, 0.15) is 37.7 Å². The summed E-state index contributed by atoms with van der Waals surface area (Å²) in [7, 11) is -3.80. The number of H-pyrrole nitrogens is 2. The first-order valence-corrected chi connectivity index (χ1v) is 11.1. The Morgan fingerprint density at radius 3 is 2.48 bits per heavy atom. The van der Waals surface area contributed by atoms with E-state index in [1.54, 1.807) is 0 Å². The van der Waals surface area contributed by atoms with Gasteiger partial charge in [0.15, 0.2) is 0 Å². The molecule has 3 aromatic rings. The molecule has 2 aromatic carbocycles. The fourth-order valence-corrected chi connectivity index (χ4v) is 5.58. The Morgan fingerprint density at radius 2 is 1.72 bits per heavy atom. The van der Waals surface area contributed by atoms with Crippen LogP contribution in [-0.4, -0.2) is 24.4 Å². The molecule has 0 amide bonds. The van der Waals surface area contributed by atoms with Crippen LogP contribution in [0.15, 0.2) is 63.0 Å². The zero-order valence-corrected chi connectivity index (χ0v) is 16.8. The highest BCUT2D eigenvalue weighted by Crippen LogP contribution is 2.36. The number of aromatic nitrogens is 2. The molecule has 7 nitrogen and oxygen atoms in total. The highest BCUT2D eigenvalue weighted by Gasteiger charge is 2.30. The van der Waals surface area contributed by atoms with E-state index in [2.05, 4.69) is 33.7 Å². The molecule has 1 aliphatic rings. The van der Waals surface area contributed by atoms with Gasteiger partial charge in [-0.15, -0.1) is 0 Å². The number of fused-ring (bicyclic) bond motifs is 1. The molecule has 0 aliphatic heterocycles. The van der Waals surface area contributed by atoms with Crippen LogP contribution in [0.4, 0.5) is 0 Å². The van der Waals surface area contributed by atoms with Gasteiger partial charge in [-0.2, -0.15) is 0 Å². The minimum Gasteiger partial charge on any atom is -0.307 e. The number of nitrogens with one attached hydrogen (secondary N) is 3. The van der Waals surface area contributed by atoms with Crippen LogP contribution in [0.5, 0.6) is 0 Å². The molecule has 1 fully saturated rings. The van der Waals surface area contributed by atoms with Crippen molar-refractivity contribution < 1.29 is 8.42 Å². The van der Waals surface area contributed by atoms with E-state index in [1.165, 1.54) is 23.8 Å². The normalized spacial score (nSPS) is 22.6. The average molecular weight is 413 g/mol. The molecule has 3 N–H and O–H groups in total. The molecule has 0 spiro atoms. The maximum absolute atomic E-state index is 13.0. The van der Waals surface area contributed by atoms with Crippen molar-refractivity contribution in [3.05, 3.63) is 74.9 Å². The molecule has 3 atom stereocenters. The van der Waals surface area contributed by atoms with Gasteiger partial charge in [-0.05, 0) is 54.9 Å². The van der Waals surface area contributed by atoms with E-state index in [1.807, 2.05) is 18.2 Å². The Labute approximate surface area is 168 Å². The standard InChI is InChI=1S/C21H23N3O4S/c1-13-9-15(14-5-3-2-4-6-14)11-16(10-13)24-29(27,28)17-7-8-19-18(12-17)20(25)23-21(26)22-19/h2-8,12-13,15-16,24H,9-11H2,1H3,(H2,22,23,25,26). The first-order chi connectivity index (χ1) is 13.8. The zero-order chi connectivity index (χ0) is 20.6. The van der Waals surface area contributed by atoms with Crippen LogP contribution in [0.3, 0.4) is 0 Å². The van der Waals surface area contributed by atoms with E-state index in [0.717, 1.165) is 19.3 Å². The van der Waals surface area contributed by atoms with Crippen molar-refractivity contribution in [1.82, 2.24) is 14.7 Å². The molecule has 8 heteroatoms. The van der Waals surface area contributed by atoms with Crippen molar-refractivity contribution in [3.63, 3.8) is 0 Å². The van der Waals surface area contributed by atoms with Crippen molar-refractivity contribution in [2.24, 2.45) is 5.92 Å². The van der Waals surface area contributed by atoms with Gasteiger partial charge in [0.2, 0.25) is 10.0 Å². The highest BCUT2D eigenvalue weighted by atomic mass is 32.2. The predicted octanol–water partition coefficient (Wildman–Crippen LogP) is 2.47. The summed E-state index contributed by atoms with van der Waals surface area (Å²) in [6.45, 7) is 2.14. The first kappa shape index (κ1) is 19.6. The Bertz CT molecular complexity index is 1250. The van der Waals surface area contributed by atoms with Crippen molar-refractivity contribution in [2.45, 2.75) is 43.0 Å². The molecule has 0 bridgehead atoms. The summed E-state index contributed by atoms with van der Waals surface area (Å²) in [5.41, 5.74) is 0.285. The van der Waals surface area contributed by atoms with Gasteiger partial charge in [-0.3, -0.25) is 9.78 Å².